The number of carbonyl (C=O) groups is 1. The molecular formula is C12H10O2. The van der Waals surface area contributed by atoms with Gasteiger partial charge in [-0.2, -0.15) is 0 Å². The van der Waals surface area contributed by atoms with Crippen LogP contribution < -0.4 is 0 Å². The maximum atomic E-state index is 11.2. The molecule has 0 spiro atoms. The molecule has 0 unspecified atom stereocenters. The Bertz CT molecular complexity index is 460. The monoisotopic (exact) mass is 186 g/mol. The molecule has 2 aliphatic carbocycles. The summed E-state index contributed by atoms with van der Waals surface area (Å²) in [5.74, 6) is -0.0231. The first kappa shape index (κ1) is 8.75. The highest BCUT2D eigenvalue weighted by atomic mass is 16.3. The third-order valence-corrected chi connectivity index (χ3v) is 2.26. The van der Waals surface area contributed by atoms with Crippen LogP contribution in [0.15, 0.2) is 36.4 Å². The van der Waals surface area contributed by atoms with Crippen molar-refractivity contribution < 1.29 is 9.90 Å². The standard InChI is InChI=1S/C12H10O2/c1-8(13)11-7-9-5-3-2-4-6-10(9)12(11)14/h2-7,14H,1H3. The van der Waals surface area contributed by atoms with Gasteiger partial charge in [0.2, 0.25) is 0 Å². The quantitative estimate of drug-likeness (QED) is 0.695. The lowest BCUT2D eigenvalue weighted by Gasteiger charge is -1.93. The predicted octanol–water partition coefficient (Wildman–Crippen LogP) is 2.70. The molecule has 0 saturated carbocycles. The van der Waals surface area contributed by atoms with E-state index in [9.17, 15) is 9.90 Å². The van der Waals surface area contributed by atoms with Crippen molar-refractivity contribution in [1.82, 2.24) is 0 Å². The van der Waals surface area contributed by atoms with E-state index in [2.05, 4.69) is 0 Å². The second-order valence-electron chi connectivity index (χ2n) is 3.24. The molecule has 70 valence electrons. The number of fused-ring (bicyclic) bond motifs is 1. The van der Waals surface area contributed by atoms with Gasteiger partial charge in [0.1, 0.15) is 5.75 Å². The number of hydrogen-bond acceptors (Lipinski definition) is 2. The van der Waals surface area contributed by atoms with Crippen molar-refractivity contribution in [2.24, 2.45) is 0 Å². The van der Waals surface area contributed by atoms with Gasteiger partial charge in [-0.1, -0.05) is 30.3 Å². The van der Waals surface area contributed by atoms with E-state index in [4.69, 9.17) is 0 Å². The maximum Gasteiger partial charge on any atom is 0.163 e. The van der Waals surface area contributed by atoms with E-state index in [1.807, 2.05) is 24.3 Å². The Labute approximate surface area is 82.2 Å². The van der Waals surface area contributed by atoms with E-state index < -0.39 is 0 Å². The van der Waals surface area contributed by atoms with Crippen molar-refractivity contribution in [2.75, 3.05) is 0 Å². The van der Waals surface area contributed by atoms with Crippen molar-refractivity contribution in [3.63, 3.8) is 0 Å². The molecule has 2 aliphatic rings. The minimum absolute atomic E-state index is 0.0868. The lowest BCUT2D eigenvalue weighted by atomic mass is 10.2. The molecule has 0 saturated heterocycles. The van der Waals surface area contributed by atoms with Gasteiger partial charge < -0.3 is 5.11 Å². The molecule has 0 radical (unpaired) electrons. The van der Waals surface area contributed by atoms with Gasteiger partial charge in [-0.25, -0.2) is 0 Å². The molecule has 0 aliphatic heterocycles. The summed E-state index contributed by atoms with van der Waals surface area (Å²) in [7, 11) is 0. The van der Waals surface area contributed by atoms with E-state index >= 15 is 0 Å². The van der Waals surface area contributed by atoms with Gasteiger partial charge in [-0.05, 0) is 18.6 Å². The molecule has 0 amide bonds. The number of hydrogen-bond donors (Lipinski definition) is 1. The van der Waals surface area contributed by atoms with Crippen molar-refractivity contribution in [3.8, 4) is 16.9 Å². The fourth-order valence-electron chi connectivity index (χ4n) is 1.54. The largest absolute Gasteiger partial charge is 0.507 e. The third-order valence-electron chi connectivity index (χ3n) is 2.26. The lowest BCUT2D eigenvalue weighted by molar-refractivity contribution is 0.101. The number of aromatic hydroxyl groups is 1. The first-order valence-electron chi connectivity index (χ1n) is 4.42. The molecule has 14 heavy (non-hydrogen) atoms. The lowest BCUT2D eigenvalue weighted by Crippen LogP contribution is -1.87. The summed E-state index contributed by atoms with van der Waals surface area (Å²) in [6.07, 6.45) is 0. The van der Waals surface area contributed by atoms with Crippen LogP contribution in [0.3, 0.4) is 0 Å². The topological polar surface area (TPSA) is 37.3 Å². The van der Waals surface area contributed by atoms with Gasteiger partial charge in [-0.3, -0.25) is 4.79 Å². The number of ketones is 1. The fourth-order valence-corrected chi connectivity index (χ4v) is 1.54. The van der Waals surface area contributed by atoms with Gasteiger partial charge >= 0.3 is 0 Å². The second-order valence-corrected chi connectivity index (χ2v) is 3.24. The Morgan fingerprint density at radius 2 is 1.93 bits per heavy atom. The Kier molecular flexibility index (Phi) is 1.97. The summed E-state index contributed by atoms with van der Waals surface area (Å²) < 4.78 is 0. The highest BCUT2D eigenvalue weighted by molar-refractivity contribution is 6.02. The first-order chi connectivity index (χ1) is 6.70. The summed E-state index contributed by atoms with van der Waals surface area (Å²) in [4.78, 5) is 11.2. The molecule has 0 aromatic carbocycles. The molecule has 0 atom stereocenters. The molecular weight excluding hydrogens is 176 g/mol. The van der Waals surface area contributed by atoms with Crippen molar-refractivity contribution >= 4 is 5.78 Å². The molecule has 1 N–H and O–H groups in total. The Morgan fingerprint density at radius 3 is 2.64 bits per heavy atom. The Balaban J connectivity index is 2.75. The summed E-state index contributed by atoms with van der Waals surface area (Å²) >= 11 is 0. The molecule has 0 fully saturated rings. The number of carbonyl (C=O) groups excluding carboxylic acids is 1. The number of Topliss-reactive ketones (excluding diaryl/α,β-unsaturated/α-hetero) is 1. The summed E-state index contributed by atoms with van der Waals surface area (Å²) in [6, 6.07) is 11.0. The zero-order valence-corrected chi connectivity index (χ0v) is 7.82. The van der Waals surface area contributed by atoms with Gasteiger partial charge in [0.05, 0.1) is 5.56 Å². The van der Waals surface area contributed by atoms with Gasteiger partial charge in [0.25, 0.3) is 0 Å². The maximum absolute atomic E-state index is 11.2. The molecule has 2 rings (SSSR count). The van der Waals surface area contributed by atoms with Crippen LogP contribution in [0.1, 0.15) is 17.3 Å². The van der Waals surface area contributed by atoms with E-state index in [1.54, 1.807) is 12.1 Å². The van der Waals surface area contributed by atoms with E-state index in [1.165, 1.54) is 6.92 Å². The van der Waals surface area contributed by atoms with Crippen LogP contribution in [0.4, 0.5) is 0 Å². The highest BCUT2D eigenvalue weighted by Crippen LogP contribution is 2.36. The smallest absolute Gasteiger partial charge is 0.163 e. The third kappa shape index (κ3) is 1.25. The van der Waals surface area contributed by atoms with Crippen molar-refractivity contribution in [2.45, 2.75) is 6.92 Å². The Morgan fingerprint density at radius 1 is 1.21 bits per heavy atom. The van der Waals surface area contributed by atoms with Crippen LogP contribution in [0, 0.1) is 0 Å². The van der Waals surface area contributed by atoms with Crippen LogP contribution in [-0.2, 0) is 0 Å². The molecule has 2 heteroatoms. The molecule has 0 bridgehead atoms. The highest BCUT2D eigenvalue weighted by Gasteiger charge is 2.16. The van der Waals surface area contributed by atoms with Crippen molar-refractivity contribution in [1.29, 1.82) is 0 Å². The molecule has 0 heterocycles. The van der Waals surface area contributed by atoms with E-state index in [0.717, 1.165) is 11.1 Å². The van der Waals surface area contributed by atoms with Crippen LogP contribution in [0.25, 0.3) is 11.1 Å². The van der Waals surface area contributed by atoms with Crippen LogP contribution in [-0.4, -0.2) is 10.9 Å². The zero-order valence-electron chi connectivity index (χ0n) is 7.82. The van der Waals surface area contributed by atoms with Crippen LogP contribution >= 0.6 is 0 Å². The molecule has 0 aromatic rings. The average molecular weight is 186 g/mol. The SMILES string of the molecule is CC(=O)c1cc2cccccc-2c1O. The minimum atomic E-state index is -0.110. The fraction of sp³-hybridized carbons (Fsp3) is 0.0833. The van der Waals surface area contributed by atoms with Gasteiger partial charge in [0, 0.05) is 5.56 Å². The van der Waals surface area contributed by atoms with Gasteiger partial charge in [0.15, 0.2) is 5.78 Å². The summed E-state index contributed by atoms with van der Waals surface area (Å²) in [6.45, 7) is 1.45. The predicted molar refractivity (Wildman–Crippen MR) is 54.7 cm³/mol. The Hall–Kier alpha value is -1.83. The van der Waals surface area contributed by atoms with Crippen molar-refractivity contribution in [3.05, 3.63) is 42.0 Å². The first-order valence-corrected chi connectivity index (χ1v) is 4.42. The second kappa shape index (κ2) is 3.14. The summed E-state index contributed by atoms with van der Waals surface area (Å²) in [5, 5.41) is 9.75. The van der Waals surface area contributed by atoms with Gasteiger partial charge in [-0.15, -0.1) is 0 Å². The van der Waals surface area contributed by atoms with Crippen LogP contribution in [0.2, 0.25) is 0 Å². The molecule has 0 aromatic heterocycles. The van der Waals surface area contributed by atoms with Crippen LogP contribution in [0.5, 0.6) is 5.75 Å². The zero-order chi connectivity index (χ0) is 10.1. The molecule has 2 nitrogen and oxygen atoms in total. The normalized spacial score (nSPS) is 10.4. The minimum Gasteiger partial charge on any atom is -0.507 e. The number of rotatable bonds is 1. The summed E-state index contributed by atoms with van der Waals surface area (Å²) in [5.41, 5.74) is 2.00. The average Bonchev–Trinajstić information content (AvgIpc) is 2.37. The van der Waals surface area contributed by atoms with E-state index in [0.29, 0.717) is 5.56 Å². The van der Waals surface area contributed by atoms with E-state index in [-0.39, 0.29) is 11.5 Å².